The zero-order valence-corrected chi connectivity index (χ0v) is 13.4. The van der Waals surface area contributed by atoms with Crippen LogP contribution in [0.2, 0.25) is 5.02 Å². The van der Waals surface area contributed by atoms with Crippen LogP contribution in [0.4, 0.5) is 0 Å². The number of halogens is 2. The molecule has 17 heavy (non-hydrogen) atoms. The molecule has 5 heteroatoms. The van der Waals surface area contributed by atoms with Crippen LogP contribution in [0.3, 0.4) is 0 Å². The van der Waals surface area contributed by atoms with Gasteiger partial charge in [-0.3, -0.25) is 0 Å². The summed E-state index contributed by atoms with van der Waals surface area (Å²) in [6, 6.07) is 3.76. The van der Waals surface area contributed by atoms with E-state index in [9.17, 15) is 4.55 Å². The molecule has 0 saturated heterocycles. The van der Waals surface area contributed by atoms with Gasteiger partial charge in [-0.2, -0.15) is 0 Å². The Hall–Kier alpha value is -0.0300. The molecule has 1 aromatic rings. The average molecular weight is 337 g/mol. The van der Waals surface area contributed by atoms with Crippen molar-refractivity contribution in [2.45, 2.75) is 32.4 Å². The van der Waals surface area contributed by atoms with Crippen molar-refractivity contribution in [2.24, 2.45) is 4.40 Å². The van der Waals surface area contributed by atoms with Crippen LogP contribution >= 0.6 is 27.5 Å². The maximum atomic E-state index is 11.8. The SMILES string of the molecule is Cc1c(Br)ccc(C=N[S+]([O-])C(C)(C)C)c1Cl. The third-order valence-corrected chi connectivity index (χ3v) is 4.87. The summed E-state index contributed by atoms with van der Waals surface area (Å²) < 4.78 is 16.4. The summed E-state index contributed by atoms with van der Waals surface area (Å²) in [5.74, 6) is 0. The largest absolute Gasteiger partial charge is 0.591 e. The molecule has 0 saturated carbocycles. The van der Waals surface area contributed by atoms with Crippen LogP contribution in [0.15, 0.2) is 21.0 Å². The first-order valence-corrected chi connectivity index (χ1v) is 7.42. The van der Waals surface area contributed by atoms with Crippen molar-refractivity contribution < 1.29 is 4.55 Å². The fourth-order valence-corrected chi connectivity index (χ4v) is 2.23. The first kappa shape index (κ1) is 15.0. The maximum absolute atomic E-state index is 11.8. The molecule has 0 aliphatic heterocycles. The summed E-state index contributed by atoms with van der Waals surface area (Å²) in [5, 5.41) is 0.633. The Labute approximate surface area is 119 Å². The smallest absolute Gasteiger partial charge is 0.144 e. The van der Waals surface area contributed by atoms with Gasteiger partial charge in [0, 0.05) is 10.0 Å². The van der Waals surface area contributed by atoms with Crippen LogP contribution in [-0.2, 0) is 11.4 Å². The Morgan fingerprint density at radius 3 is 2.53 bits per heavy atom. The molecule has 1 aromatic carbocycles. The van der Waals surface area contributed by atoms with E-state index < -0.39 is 11.4 Å². The minimum atomic E-state index is -1.26. The molecule has 1 atom stereocenters. The number of hydrogen-bond donors (Lipinski definition) is 0. The summed E-state index contributed by atoms with van der Waals surface area (Å²) >= 11 is 8.32. The molecule has 2 nitrogen and oxygen atoms in total. The van der Waals surface area contributed by atoms with E-state index >= 15 is 0 Å². The van der Waals surface area contributed by atoms with Gasteiger partial charge in [-0.1, -0.05) is 38.0 Å². The molecule has 0 spiro atoms. The Balaban J connectivity index is 2.97. The summed E-state index contributed by atoms with van der Waals surface area (Å²) in [4.78, 5) is 0. The maximum Gasteiger partial charge on any atom is 0.144 e. The highest BCUT2D eigenvalue weighted by Gasteiger charge is 2.25. The van der Waals surface area contributed by atoms with Crippen molar-refractivity contribution in [2.75, 3.05) is 0 Å². The van der Waals surface area contributed by atoms with Crippen LogP contribution in [0, 0.1) is 6.92 Å². The molecule has 0 bridgehead atoms. The zero-order valence-electron chi connectivity index (χ0n) is 10.3. The van der Waals surface area contributed by atoms with Gasteiger partial charge in [0.1, 0.15) is 16.1 Å². The van der Waals surface area contributed by atoms with E-state index in [1.54, 1.807) is 6.21 Å². The second-order valence-corrected chi connectivity index (χ2v) is 7.84. The lowest BCUT2D eigenvalue weighted by molar-refractivity contribution is 0.562. The lowest BCUT2D eigenvalue weighted by atomic mass is 10.1. The number of hydrogen-bond acceptors (Lipinski definition) is 2. The molecule has 0 aliphatic rings. The minimum Gasteiger partial charge on any atom is -0.591 e. The second kappa shape index (κ2) is 5.74. The minimum absolute atomic E-state index is 0.354. The van der Waals surface area contributed by atoms with E-state index in [-0.39, 0.29) is 4.75 Å². The Morgan fingerprint density at radius 1 is 1.41 bits per heavy atom. The van der Waals surface area contributed by atoms with Crippen molar-refractivity contribution in [3.05, 3.63) is 32.8 Å². The molecule has 0 amide bonds. The van der Waals surface area contributed by atoms with Gasteiger partial charge in [0.15, 0.2) is 0 Å². The molecular formula is C12H15BrClNOS. The predicted octanol–water partition coefficient (Wildman–Crippen LogP) is 4.29. The van der Waals surface area contributed by atoms with E-state index in [0.717, 1.165) is 15.6 Å². The summed E-state index contributed by atoms with van der Waals surface area (Å²) in [7, 11) is 0. The van der Waals surface area contributed by atoms with Gasteiger partial charge in [-0.25, -0.2) is 0 Å². The van der Waals surface area contributed by atoms with Crippen molar-refractivity contribution in [1.82, 2.24) is 0 Å². The Kier molecular flexibility index (Phi) is 5.07. The predicted molar refractivity (Wildman–Crippen MR) is 79.4 cm³/mol. The third-order valence-electron chi connectivity index (χ3n) is 2.16. The fraction of sp³-hybridized carbons (Fsp3) is 0.417. The number of benzene rings is 1. The molecule has 0 aliphatic carbocycles. The van der Waals surface area contributed by atoms with E-state index in [4.69, 9.17) is 11.6 Å². The van der Waals surface area contributed by atoms with Gasteiger partial charge in [0.2, 0.25) is 0 Å². The van der Waals surface area contributed by atoms with E-state index in [0.29, 0.717) is 5.02 Å². The normalized spacial score (nSPS) is 14.3. The van der Waals surface area contributed by atoms with Crippen LogP contribution in [-0.4, -0.2) is 15.5 Å². The van der Waals surface area contributed by atoms with Gasteiger partial charge in [-0.05, 0) is 39.3 Å². The first-order chi connectivity index (χ1) is 7.73. The first-order valence-electron chi connectivity index (χ1n) is 5.14. The summed E-state index contributed by atoms with van der Waals surface area (Å²) in [5.41, 5.74) is 1.74. The van der Waals surface area contributed by atoms with Crippen LogP contribution in [0.1, 0.15) is 31.9 Å². The van der Waals surface area contributed by atoms with Gasteiger partial charge in [0.25, 0.3) is 0 Å². The highest BCUT2D eigenvalue weighted by molar-refractivity contribution is 9.10. The van der Waals surface area contributed by atoms with Gasteiger partial charge in [-0.15, -0.1) is 0 Å². The molecule has 1 rings (SSSR count). The Bertz CT molecular complexity index is 443. The quantitative estimate of drug-likeness (QED) is 0.586. The number of nitrogens with zero attached hydrogens (tertiary/aromatic N) is 1. The molecule has 0 heterocycles. The zero-order chi connectivity index (χ0) is 13.2. The van der Waals surface area contributed by atoms with E-state index in [1.165, 1.54) is 0 Å². The highest BCUT2D eigenvalue weighted by Crippen LogP contribution is 2.27. The molecule has 0 N–H and O–H groups in total. The summed E-state index contributed by atoms with van der Waals surface area (Å²) in [6.07, 6.45) is 1.57. The molecule has 0 aromatic heterocycles. The monoisotopic (exact) mass is 335 g/mol. The topological polar surface area (TPSA) is 35.4 Å². The molecule has 0 fully saturated rings. The Morgan fingerprint density at radius 2 is 2.00 bits per heavy atom. The standard InChI is InChI=1S/C12H15BrClNOS/c1-8-10(13)6-5-9(11(8)14)7-15-17(16)12(2,3)4/h5-7H,1-4H3. The number of rotatable bonds is 2. The lowest BCUT2D eigenvalue weighted by Crippen LogP contribution is -2.25. The molecule has 1 unspecified atom stereocenters. The van der Waals surface area contributed by atoms with Crippen LogP contribution in [0.25, 0.3) is 0 Å². The van der Waals surface area contributed by atoms with Crippen LogP contribution < -0.4 is 0 Å². The van der Waals surface area contributed by atoms with Crippen molar-refractivity contribution in [1.29, 1.82) is 0 Å². The second-order valence-electron chi connectivity index (χ2n) is 4.67. The average Bonchev–Trinajstić information content (AvgIpc) is 2.23. The van der Waals surface area contributed by atoms with Crippen molar-refractivity contribution in [3.63, 3.8) is 0 Å². The molecular weight excluding hydrogens is 322 g/mol. The highest BCUT2D eigenvalue weighted by atomic mass is 79.9. The molecule has 94 valence electrons. The van der Waals surface area contributed by atoms with E-state index in [2.05, 4.69) is 20.3 Å². The van der Waals surface area contributed by atoms with Gasteiger partial charge >= 0.3 is 0 Å². The third kappa shape index (κ3) is 3.98. The van der Waals surface area contributed by atoms with Crippen molar-refractivity contribution >= 4 is 45.1 Å². The summed E-state index contributed by atoms with van der Waals surface area (Å²) in [6.45, 7) is 7.57. The van der Waals surface area contributed by atoms with E-state index in [1.807, 2.05) is 39.8 Å². The van der Waals surface area contributed by atoms with Gasteiger partial charge < -0.3 is 4.55 Å². The van der Waals surface area contributed by atoms with Gasteiger partial charge in [0.05, 0.1) is 11.2 Å². The fourth-order valence-electron chi connectivity index (χ4n) is 1.04. The van der Waals surface area contributed by atoms with Crippen molar-refractivity contribution in [3.8, 4) is 0 Å². The lowest BCUT2D eigenvalue weighted by Gasteiger charge is -2.17. The molecule has 0 radical (unpaired) electrons. The van der Waals surface area contributed by atoms with Crippen LogP contribution in [0.5, 0.6) is 0 Å².